The molecule has 4 rings (SSSR count). The van der Waals surface area contributed by atoms with Crippen molar-refractivity contribution in [2.24, 2.45) is 0 Å². The van der Waals surface area contributed by atoms with Crippen molar-refractivity contribution in [1.82, 2.24) is 19.6 Å². The lowest BCUT2D eigenvalue weighted by atomic mass is 10.1. The van der Waals surface area contributed by atoms with E-state index in [1.165, 1.54) is 0 Å². The average Bonchev–Trinajstić information content (AvgIpc) is 3.37. The van der Waals surface area contributed by atoms with Gasteiger partial charge in [0.05, 0.1) is 35.0 Å². The standard InChI is InChI=1S/C27H32N4O6/c1-29(9-8-18-6-7-24(36-4)25(14-18)37-5)26(32)22-16-23-27(33)30(10-11-31(23)28-22)17-19-12-20(34-2)15-21(13-19)35-3/h6-7,12-16H,8-11,17H2,1-5H3. The molecule has 2 aromatic carbocycles. The van der Waals surface area contributed by atoms with Gasteiger partial charge in [-0.1, -0.05) is 6.07 Å². The van der Waals surface area contributed by atoms with Crippen LogP contribution < -0.4 is 18.9 Å². The molecule has 0 atom stereocenters. The third-order valence-electron chi connectivity index (χ3n) is 6.40. The molecule has 10 heteroatoms. The van der Waals surface area contributed by atoms with Gasteiger partial charge in [0, 0.05) is 38.8 Å². The molecule has 1 aliphatic rings. The predicted octanol–water partition coefficient (Wildman–Crippen LogP) is 2.89. The Kier molecular flexibility index (Phi) is 7.86. The first-order chi connectivity index (χ1) is 17.9. The summed E-state index contributed by atoms with van der Waals surface area (Å²) in [6, 6.07) is 12.8. The number of carbonyl (C=O) groups is 2. The second-order valence-corrected chi connectivity index (χ2v) is 8.75. The minimum Gasteiger partial charge on any atom is -0.497 e. The molecule has 0 spiro atoms. The van der Waals surface area contributed by atoms with E-state index in [0.29, 0.717) is 61.3 Å². The number of rotatable bonds is 10. The van der Waals surface area contributed by atoms with E-state index < -0.39 is 0 Å². The number of fused-ring (bicyclic) bond motifs is 1. The zero-order valence-electron chi connectivity index (χ0n) is 21.8. The van der Waals surface area contributed by atoms with Gasteiger partial charge in [0.15, 0.2) is 17.2 Å². The number of hydrogen-bond donors (Lipinski definition) is 0. The Morgan fingerprint density at radius 3 is 2.24 bits per heavy atom. The summed E-state index contributed by atoms with van der Waals surface area (Å²) in [4.78, 5) is 29.6. The van der Waals surface area contributed by atoms with Crippen molar-refractivity contribution in [2.45, 2.75) is 19.5 Å². The van der Waals surface area contributed by atoms with E-state index >= 15 is 0 Å². The molecule has 3 aromatic rings. The fraction of sp³-hybridized carbons (Fsp3) is 0.370. The Bertz CT molecular complexity index is 1270. The summed E-state index contributed by atoms with van der Waals surface area (Å²) in [7, 11) is 8.09. The van der Waals surface area contributed by atoms with Crippen LogP contribution >= 0.6 is 0 Å². The van der Waals surface area contributed by atoms with Crippen LogP contribution in [0.2, 0.25) is 0 Å². The Balaban J connectivity index is 1.42. The minimum atomic E-state index is -0.237. The van der Waals surface area contributed by atoms with Crippen molar-refractivity contribution >= 4 is 11.8 Å². The molecular formula is C27H32N4O6. The molecule has 1 aromatic heterocycles. The van der Waals surface area contributed by atoms with Gasteiger partial charge in [-0.25, -0.2) is 0 Å². The third kappa shape index (κ3) is 5.63. The average molecular weight is 509 g/mol. The summed E-state index contributed by atoms with van der Waals surface area (Å²) >= 11 is 0. The summed E-state index contributed by atoms with van der Waals surface area (Å²) in [5.41, 5.74) is 2.56. The highest BCUT2D eigenvalue weighted by atomic mass is 16.5. The van der Waals surface area contributed by atoms with Crippen LogP contribution in [0.25, 0.3) is 0 Å². The van der Waals surface area contributed by atoms with Crippen molar-refractivity contribution in [3.05, 3.63) is 65.0 Å². The van der Waals surface area contributed by atoms with Gasteiger partial charge in [-0.3, -0.25) is 14.3 Å². The number of ether oxygens (including phenoxy) is 4. The monoisotopic (exact) mass is 508 g/mol. The molecule has 2 heterocycles. The van der Waals surface area contributed by atoms with Crippen LogP contribution in [0, 0.1) is 0 Å². The van der Waals surface area contributed by atoms with Crippen molar-refractivity contribution in [2.75, 3.05) is 48.6 Å². The SMILES string of the molecule is COc1cc(CN2CCn3nc(C(=O)N(C)CCc4ccc(OC)c(OC)c4)cc3C2=O)cc(OC)c1. The summed E-state index contributed by atoms with van der Waals surface area (Å²) in [5.74, 6) is 2.21. The van der Waals surface area contributed by atoms with Crippen molar-refractivity contribution in [1.29, 1.82) is 0 Å². The molecule has 0 saturated carbocycles. The Morgan fingerprint density at radius 2 is 1.59 bits per heavy atom. The Morgan fingerprint density at radius 1 is 0.892 bits per heavy atom. The zero-order valence-corrected chi connectivity index (χ0v) is 21.8. The molecule has 0 aliphatic carbocycles. The fourth-order valence-corrected chi connectivity index (χ4v) is 4.30. The van der Waals surface area contributed by atoms with Gasteiger partial charge >= 0.3 is 0 Å². The molecule has 0 bridgehead atoms. The number of amides is 2. The minimum absolute atomic E-state index is 0.174. The highest BCUT2D eigenvalue weighted by molar-refractivity contribution is 5.98. The first kappa shape index (κ1) is 25.9. The van der Waals surface area contributed by atoms with E-state index in [-0.39, 0.29) is 17.5 Å². The van der Waals surface area contributed by atoms with Crippen LogP contribution in [0.3, 0.4) is 0 Å². The van der Waals surface area contributed by atoms with Crippen LogP contribution in [0.4, 0.5) is 0 Å². The summed E-state index contributed by atoms with van der Waals surface area (Å²) in [6.45, 7) is 1.86. The van der Waals surface area contributed by atoms with Crippen molar-refractivity contribution < 1.29 is 28.5 Å². The molecule has 10 nitrogen and oxygen atoms in total. The van der Waals surface area contributed by atoms with Crippen molar-refractivity contribution in [3.8, 4) is 23.0 Å². The Hall–Kier alpha value is -4.21. The number of aromatic nitrogens is 2. The lowest BCUT2D eigenvalue weighted by Crippen LogP contribution is -2.39. The number of methoxy groups -OCH3 is 4. The maximum atomic E-state index is 13.2. The fourth-order valence-electron chi connectivity index (χ4n) is 4.30. The molecule has 1 aliphatic heterocycles. The summed E-state index contributed by atoms with van der Waals surface area (Å²) < 4.78 is 22.9. The lowest BCUT2D eigenvalue weighted by molar-refractivity contribution is 0.0681. The number of benzene rings is 2. The second-order valence-electron chi connectivity index (χ2n) is 8.75. The number of likely N-dealkylation sites (N-methyl/N-ethyl adjacent to an activating group) is 1. The van der Waals surface area contributed by atoms with Crippen LogP contribution in [0.5, 0.6) is 23.0 Å². The molecule has 196 valence electrons. The molecule has 0 N–H and O–H groups in total. The largest absolute Gasteiger partial charge is 0.497 e. The summed E-state index contributed by atoms with van der Waals surface area (Å²) in [5, 5.41) is 4.42. The van der Waals surface area contributed by atoms with E-state index in [1.54, 1.807) is 62.1 Å². The quantitative estimate of drug-likeness (QED) is 0.416. The predicted molar refractivity (Wildman–Crippen MR) is 137 cm³/mol. The van der Waals surface area contributed by atoms with Crippen LogP contribution in [-0.4, -0.2) is 80.0 Å². The second kappa shape index (κ2) is 11.2. The van der Waals surface area contributed by atoms with Crippen LogP contribution in [0.15, 0.2) is 42.5 Å². The number of hydrogen-bond acceptors (Lipinski definition) is 7. The lowest BCUT2D eigenvalue weighted by Gasteiger charge is -2.27. The molecular weight excluding hydrogens is 476 g/mol. The van der Waals surface area contributed by atoms with Gasteiger partial charge in [-0.2, -0.15) is 5.10 Å². The first-order valence-electron chi connectivity index (χ1n) is 11.9. The van der Waals surface area contributed by atoms with E-state index in [2.05, 4.69) is 5.10 Å². The zero-order chi connectivity index (χ0) is 26.5. The van der Waals surface area contributed by atoms with Gasteiger partial charge in [0.2, 0.25) is 0 Å². The van der Waals surface area contributed by atoms with Crippen molar-refractivity contribution in [3.63, 3.8) is 0 Å². The van der Waals surface area contributed by atoms with Gasteiger partial charge in [-0.15, -0.1) is 0 Å². The van der Waals surface area contributed by atoms with E-state index in [9.17, 15) is 9.59 Å². The van der Waals surface area contributed by atoms with Gasteiger partial charge in [0.1, 0.15) is 17.2 Å². The summed E-state index contributed by atoms with van der Waals surface area (Å²) in [6.07, 6.45) is 0.632. The van der Waals surface area contributed by atoms with Crippen LogP contribution in [0.1, 0.15) is 32.1 Å². The maximum Gasteiger partial charge on any atom is 0.274 e. The topological polar surface area (TPSA) is 95.4 Å². The molecule has 0 fully saturated rings. The molecule has 0 unspecified atom stereocenters. The normalized spacial score (nSPS) is 12.7. The molecule has 0 radical (unpaired) electrons. The maximum absolute atomic E-state index is 13.2. The van der Waals surface area contributed by atoms with E-state index in [0.717, 1.165) is 11.1 Å². The highest BCUT2D eigenvalue weighted by Crippen LogP contribution is 2.28. The number of nitrogens with zero attached hydrogens (tertiary/aromatic N) is 4. The Labute approximate surface area is 216 Å². The van der Waals surface area contributed by atoms with Gasteiger partial charge < -0.3 is 28.7 Å². The first-order valence-corrected chi connectivity index (χ1v) is 11.9. The smallest absolute Gasteiger partial charge is 0.274 e. The van der Waals surface area contributed by atoms with E-state index in [1.807, 2.05) is 30.3 Å². The van der Waals surface area contributed by atoms with Crippen LogP contribution in [-0.2, 0) is 19.5 Å². The number of carbonyl (C=O) groups excluding carboxylic acids is 2. The van der Waals surface area contributed by atoms with Gasteiger partial charge in [-0.05, 0) is 41.8 Å². The molecule has 2 amide bonds. The van der Waals surface area contributed by atoms with E-state index in [4.69, 9.17) is 18.9 Å². The highest BCUT2D eigenvalue weighted by Gasteiger charge is 2.29. The molecule has 37 heavy (non-hydrogen) atoms. The van der Waals surface area contributed by atoms with Gasteiger partial charge in [0.25, 0.3) is 11.8 Å². The molecule has 0 saturated heterocycles. The third-order valence-corrected chi connectivity index (χ3v) is 6.40.